The number of sulfone groups is 1. The van der Waals surface area contributed by atoms with Crippen molar-refractivity contribution in [3.63, 3.8) is 0 Å². The van der Waals surface area contributed by atoms with Crippen LogP contribution in [-0.4, -0.2) is 56.1 Å². The maximum atomic E-state index is 12.0. The molecular formula is C15H18N2O4S2. The van der Waals surface area contributed by atoms with Gasteiger partial charge in [0, 0.05) is 11.8 Å². The van der Waals surface area contributed by atoms with Crippen molar-refractivity contribution in [2.75, 3.05) is 35.4 Å². The van der Waals surface area contributed by atoms with E-state index in [1.165, 1.54) is 0 Å². The third kappa shape index (κ3) is 2.67. The summed E-state index contributed by atoms with van der Waals surface area (Å²) in [5, 5.41) is 0.897. The second kappa shape index (κ2) is 5.59. The fraction of sp³-hybridized carbons (Fsp3) is 0.533. The summed E-state index contributed by atoms with van der Waals surface area (Å²) in [6, 6.07) is 5.48. The normalized spacial score (nSPS) is 27.7. The summed E-state index contributed by atoms with van der Waals surface area (Å²) in [7, 11) is -3.02. The van der Waals surface area contributed by atoms with E-state index in [0.29, 0.717) is 19.0 Å². The molecule has 2 atom stereocenters. The van der Waals surface area contributed by atoms with Gasteiger partial charge in [0.1, 0.15) is 13.2 Å². The Hall–Kier alpha value is -1.41. The third-order valence-electron chi connectivity index (χ3n) is 4.18. The highest BCUT2D eigenvalue weighted by atomic mass is 32.2. The molecule has 0 N–H and O–H groups in total. The van der Waals surface area contributed by atoms with Gasteiger partial charge in [-0.2, -0.15) is 0 Å². The first-order valence-electron chi connectivity index (χ1n) is 7.67. The van der Waals surface area contributed by atoms with Crippen molar-refractivity contribution in [1.82, 2.24) is 0 Å². The van der Waals surface area contributed by atoms with Gasteiger partial charge in [0.15, 0.2) is 26.5 Å². The Kier molecular flexibility index (Phi) is 3.68. The Bertz CT molecular complexity index is 763. The van der Waals surface area contributed by atoms with Crippen molar-refractivity contribution in [1.29, 1.82) is 0 Å². The summed E-state index contributed by atoms with van der Waals surface area (Å²) in [5.41, 5.74) is 0.915. The van der Waals surface area contributed by atoms with Gasteiger partial charge in [-0.15, -0.1) is 0 Å². The molecule has 0 amide bonds. The summed E-state index contributed by atoms with van der Waals surface area (Å²) in [6.07, 6.45) is 0. The fourth-order valence-electron chi connectivity index (χ4n) is 3.25. The molecule has 1 aromatic carbocycles. The van der Waals surface area contributed by atoms with Crippen LogP contribution >= 0.6 is 11.8 Å². The highest BCUT2D eigenvalue weighted by Crippen LogP contribution is 2.39. The van der Waals surface area contributed by atoms with E-state index < -0.39 is 9.84 Å². The fourth-order valence-corrected chi connectivity index (χ4v) is 5.94. The summed E-state index contributed by atoms with van der Waals surface area (Å²) in [5.74, 6) is 2.64. The number of ether oxygens (including phenoxy) is 2. The predicted octanol–water partition coefficient (Wildman–Crippen LogP) is 1.55. The monoisotopic (exact) mass is 354 g/mol. The minimum absolute atomic E-state index is 0.114. The second-order valence-electron chi connectivity index (χ2n) is 5.75. The molecule has 124 valence electrons. The molecule has 0 radical (unpaired) electrons. The van der Waals surface area contributed by atoms with Crippen molar-refractivity contribution in [2.45, 2.75) is 19.0 Å². The molecule has 1 fully saturated rings. The summed E-state index contributed by atoms with van der Waals surface area (Å²) in [6.45, 7) is 3.15. The van der Waals surface area contributed by atoms with Gasteiger partial charge in [-0.05, 0) is 17.9 Å². The van der Waals surface area contributed by atoms with Crippen molar-refractivity contribution >= 4 is 32.5 Å². The first kappa shape index (κ1) is 15.1. The largest absolute Gasteiger partial charge is 0.486 e. The van der Waals surface area contributed by atoms with Crippen LogP contribution in [0, 0.1) is 0 Å². The van der Waals surface area contributed by atoms with Crippen LogP contribution in [0.1, 0.15) is 6.92 Å². The highest BCUT2D eigenvalue weighted by Gasteiger charge is 2.47. The van der Waals surface area contributed by atoms with E-state index in [2.05, 4.69) is 16.8 Å². The molecule has 0 unspecified atom stereocenters. The van der Waals surface area contributed by atoms with Crippen LogP contribution in [0.3, 0.4) is 0 Å². The maximum absolute atomic E-state index is 12.0. The Morgan fingerprint density at radius 1 is 1.26 bits per heavy atom. The lowest BCUT2D eigenvalue weighted by molar-refractivity contribution is 0.171. The molecule has 0 aromatic heterocycles. The first-order valence-corrected chi connectivity index (χ1v) is 10.5. The predicted molar refractivity (Wildman–Crippen MR) is 91.7 cm³/mol. The van der Waals surface area contributed by atoms with E-state index in [4.69, 9.17) is 9.47 Å². The Morgan fingerprint density at radius 3 is 2.83 bits per heavy atom. The SMILES string of the molecule is CCSC1=N[C@H]2CS(=O)(=O)C[C@H]2N1c1ccc2c(c1)OCCO2. The van der Waals surface area contributed by atoms with Gasteiger partial charge in [-0.25, -0.2) is 8.42 Å². The quantitative estimate of drug-likeness (QED) is 0.803. The number of aliphatic imine (C=N–C) groups is 1. The second-order valence-corrected chi connectivity index (χ2v) is 9.14. The number of amidine groups is 1. The summed E-state index contributed by atoms with van der Waals surface area (Å²) < 4.78 is 35.2. The average molecular weight is 354 g/mol. The third-order valence-corrected chi connectivity index (χ3v) is 6.73. The van der Waals surface area contributed by atoms with Crippen molar-refractivity contribution in [3.05, 3.63) is 18.2 Å². The maximum Gasteiger partial charge on any atom is 0.164 e. The topological polar surface area (TPSA) is 68.2 Å². The zero-order valence-electron chi connectivity index (χ0n) is 12.8. The summed E-state index contributed by atoms with van der Waals surface area (Å²) >= 11 is 1.65. The van der Waals surface area contributed by atoms with E-state index >= 15 is 0 Å². The minimum Gasteiger partial charge on any atom is -0.486 e. The van der Waals surface area contributed by atoms with Crippen LogP contribution in [0.25, 0.3) is 0 Å². The molecule has 3 aliphatic heterocycles. The van der Waals surface area contributed by atoms with Gasteiger partial charge in [0.2, 0.25) is 0 Å². The van der Waals surface area contributed by atoms with Crippen LogP contribution < -0.4 is 14.4 Å². The zero-order chi connectivity index (χ0) is 16.0. The molecule has 23 heavy (non-hydrogen) atoms. The number of hydrogen-bond acceptors (Lipinski definition) is 7. The van der Waals surface area contributed by atoms with E-state index in [9.17, 15) is 8.42 Å². The standard InChI is InChI=1S/C15H18N2O4S2/c1-2-22-15-16-11-8-23(18,19)9-12(11)17(15)10-3-4-13-14(7-10)21-6-5-20-13/h3-4,7,11-12H,2,5-6,8-9H2,1H3/t11-,12+/m0/s1. The number of hydrogen-bond donors (Lipinski definition) is 0. The molecule has 0 saturated carbocycles. The van der Waals surface area contributed by atoms with E-state index in [1.807, 2.05) is 18.2 Å². The smallest absolute Gasteiger partial charge is 0.164 e. The molecule has 0 aliphatic carbocycles. The van der Waals surface area contributed by atoms with Crippen molar-refractivity contribution in [2.24, 2.45) is 4.99 Å². The van der Waals surface area contributed by atoms with Crippen LogP contribution in [0.4, 0.5) is 5.69 Å². The lowest BCUT2D eigenvalue weighted by atomic mass is 10.1. The molecule has 0 bridgehead atoms. The molecular weight excluding hydrogens is 336 g/mol. The van der Waals surface area contributed by atoms with Crippen LogP contribution in [0.15, 0.2) is 23.2 Å². The van der Waals surface area contributed by atoms with Gasteiger partial charge >= 0.3 is 0 Å². The van der Waals surface area contributed by atoms with Gasteiger partial charge in [-0.3, -0.25) is 4.99 Å². The van der Waals surface area contributed by atoms with Crippen molar-refractivity contribution in [3.8, 4) is 11.5 Å². The highest BCUT2D eigenvalue weighted by molar-refractivity contribution is 8.14. The van der Waals surface area contributed by atoms with Crippen molar-refractivity contribution < 1.29 is 17.9 Å². The lowest BCUT2D eigenvalue weighted by Gasteiger charge is -2.28. The number of thioether (sulfide) groups is 1. The van der Waals surface area contributed by atoms with Gasteiger partial charge in [0.25, 0.3) is 0 Å². The lowest BCUT2D eigenvalue weighted by Crippen LogP contribution is -2.39. The van der Waals surface area contributed by atoms with Gasteiger partial charge in [0.05, 0.1) is 23.6 Å². The van der Waals surface area contributed by atoms with Crippen LogP contribution in [-0.2, 0) is 9.84 Å². The number of fused-ring (bicyclic) bond motifs is 2. The Balaban J connectivity index is 1.72. The van der Waals surface area contributed by atoms with Crippen LogP contribution in [0.2, 0.25) is 0 Å². The average Bonchev–Trinajstić information content (AvgIpc) is 2.98. The zero-order valence-corrected chi connectivity index (χ0v) is 14.4. The first-order chi connectivity index (χ1) is 11.1. The molecule has 8 heteroatoms. The number of benzene rings is 1. The van der Waals surface area contributed by atoms with Gasteiger partial charge < -0.3 is 14.4 Å². The van der Waals surface area contributed by atoms with E-state index in [0.717, 1.165) is 22.4 Å². The molecule has 0 spiro atoms. The number of rotatable bonds is 2. The molecule has 3 aliphatic rings. The minimum atomic E-state index is -3.02. The summed E-state index contributed by atoms with van der Waals surface area (Å²) in [4.78, 5) is 6.72. The molecule has 1 saturated heterocycles. The van der Waals surface area contributed by atoms with Gasteiger partial charge in [-0.1, -0.05) is 18.7 Å². The van der Waals surface area contributed by atoms with E-state index in [1.54, 1.807) is 11.8 Å². The Morgan fingerprint density at radius 2 is 2.04 bits per heavy atom. The molecule has 3 heterocycles. The number of nitrogens with zero attached hydrogens (tertiary/aromatic N) is 2. The van der Waals surface area contributed by atoms with Crippen LogP contribution in [0.5, 0.6) is 11.5 Å². The molecule has 1 aromatic rings. The molecule has 4 rings (SSSR count). The Labute approximate surface area is 139 Å². The van der Waals surface area contributed by atoms with E-state index in [-0.39, 0.29) is 23.6 Å². The number of anilines is 1. The molecule has 6 nitrogen and oxygen atoms in total.